The molecule has 0 heterocycles. The van der Waals surface area contributed by atoms with Gasteiger partial charge in [0.25, 0.3) is 0 Å². The molecule has 0 saturated heterocycles. The van der Waals surface area contributed by atoms with Crippen molar-refractivity contribution in [3.63, 3.8) is 0 Å². The van der Waals surface area contributed by atoms with E-state index in [-0.39, 0.29) is 0 Å². The fourth-order valence-electron chi connectivity index (χ4n) is 2.67. The predicted octanol–water partition coefficient (Wildman–Crippen LogP) is 5.70. The maximum atomic E-state index is 11.4. The standard InChI is InChI=1S/C21H32O3/c1-2-17-24-18-13-8-6-4-3-5-7-12-16-20(21(22)23)19-14-10-9-11-15-19/h9-11,14-16H,2-8,12-13,17-18H2,1H3,(H,22,23). The van der Waals surface area contributed by atoms with Crippen molar-refractivity contribution in [1.82, 2.24) is 0 Å². The van der Waals surface area contributed by atoms with E-state index in [1.54, 1.807) is 0 Å². The van der Waals surface area contributed by atoms with Crippen LogP contribution in [0.1, 0.15) is 70.3 Å². The molecule has 24 heavy (non-hydrogen) atoms. The van der Waals surface area contributed by atoms with Gasteiger partial charge in [-0.3, -0.25) is 0 Å². The zero-order valence-corrected chi connectivity index (χ0v) is 15.0. The first-order valence-electron chi connectivity index (χ1n) is 9.32. The Labute approximate surface area is 146 Å². The summed E-state index contributed by atoms with van der Waals surface area (Å²) in [6.07, 6.45) is 12.2. The maximum absolute atomic E-state index is 11.4. The summed E-state index contributed by atoms with van der Waals surface area (Å²) in [6, 6.07) is 9.35. The quantitative estimate of drug-likeness (QED) is 0.351. The molecule has 0 aliphatic carbocycles. The largest absolute Gasteiger partial charge is 0.478 e. The predicted molar refractivity (Wildman–Crippen MR) is 100 cm³/mol. The minimum atomic E-state index is -0.841. The number of rotatable bonds is 14. The Bertz CT molecular complexity index is 465. The van der Waals surface area contributed by atoms with Crippen molar-refractivity contribution in [2.45, 2.75) is 64.7 Å². The summed E-state index contributed by atoms with van der Waals surface area (Å²) in [5, 5.41) is 9.33. The fraction of sp³-hybridized carbons (Fsp3) is 0.571. The average molecular weight is 332 g/mol. The molecule has 0 bridgehead atoms. The molecule has 0 aliphatic rings. The molecule has 0 unspecified atom stereocenters. The van der Waals surface area contributed by atoms with Crippen LogP contribution in [0.4, 0.5) is 0 Å². The van der Waals surface area contributed by atoms with Crippen LogP contribution in [0.5, 0.6) is 0 Å². The highest BCUT2D eigenvalue weighted by atomic mass is 16.5. The molecule has 0 aliphatic heterocycles. The van der Waals surface area contributed by atoms with E-state index in [2.05, 4.69) is 6.92 Å². The highest BCUT2D eigenvalue weighted by Gasteiger charge is 2.08. The molecule has 134 valence electrons. The molecule has 3 nitrogen and oxygen atoms in total. The topological polar surface area (TPSA) is 46.5 Å². The summed E-state index contributed by atoms with van der Waals surface area (Å²) in [5.41, 5.74) is 1.21. The molecule has 0 aromatic heterocycles. The fourth-order valence-corrected chi connectivity index (χ4v) is 2.67. The molecule has 0 radical (unpaired) electrons. The summed E-state index contributed by atoms with van der Waals surface area (Å²) in [6.45, 7) is 3.92. The third kappa shape index (κ3) is 9.51. The zero-order valence-electron chi connectivity index (χ0n) is 15.0. The summed E-state index contributed by atoms with van der Waals surface area (Å²) in [4.78, 5) is 11.4. The van der Waals surface area contributed by atoms with E-state index < -0.39 is 5.97 Å². The lowest BCUT2D eigenvalue weighted by Crippen LogP contribution is -1.99. The van der Waals surface area contributed by atoms with Gasteiger partial charge in [0.05, 0.1) is 5.57 Å². The minimum absolute atomic E-state index is 0.419. The average Bonchev–Trinajstić information content (AvgIpc) is 2.59. The monoisotopic (exact) mass is 332 g/mol. The number of hydrogen-bond donors (Lipinski definition) is 1. The van der Waals surface area contributed by atoms with Gasteiger partial charge in [-0.2, -0.15) is 0 Å². The molecule has 0 atom stereocenters. The Balaban J connectivity index is 2.09. The number of carboxylic acids is 1. The van der Waals surface area contributed by atoms with Crippen LogP contribution in [0, 0.1) is 0 Å². The minimum Gasteiger partial charge on any atom is -0.478 e. The van der Waals surface area contributed by atoms with Crippen LogP contribution < -0.4 is 0 Å². The van der Waals surface area contributed by atoms with E-state index >= 15 is 0 Å². The highest BCUT2D eigenvalue weighted by molar-refractivity contribution is 6.15. The van der Waals surface area contributed by atoms with E-state index in [1.807, 2.05) is 36.4 Å². The summed E-state index contributed by atoms with van der Waals surface area (Å²) >= 11 is 0. The second kappa shape index (κ2) is 13.8. The SMILES string of the molecule is CCCOCCCCCCCCCC=C(C(=O)O)c1ccccc1. The van der Waals surface area contributed by atoms with Crippen LogP contribution in [-0.4, -0.2) is 24.3 Å². The Morgan fingerprint density at radius 2 is 1.58 bits per heavy atom. The number of carboxylic acid groups (broad SMARTS) is 1. The summed E-state index contributed by atoms with van der Waals surface area (Å²) in [7, 11) is 0. The van der Waals surface area contributed by atoms with Crippen LogP contribution in [0.2, 0.25) is 0 Å². The van der Waals surface area contributed by atoms with E-state index in [0.717, 1.165) is 38.0 Å². The van der Waals surface area contributed by atoms with Crippen molar-refractivity contribution in [3.05, 3.63) is 42.0 Å². The molecule has 1 aromatic rings. The number of unbranched alkanes of at least 4 members (excludes halogenated alkanes) is 7. The van der Waals surface area contributed by atoms with Gasteiger partial charge >= 0.3 is 5.97 Å². The van der Waals surface area contributed by atoms with Crippen molar-refractivity contribution < 1.29 is 14.6 Å². The van der Waals surface area contributed by atoms with Crippen LogP contribution in [-0.2, 0) is 9.53 Å². The van der Waals surface area contributed by atoms with Crippen molar-refractivity contribution in [2.24, 2.45) is 0 Å². The third-order valence-electron chi connectivity index (χ3n) is 4.00. The molecule has 0 amide bonds. The van der Waals surface area contributed by atoms with E-state index in [1.165, 1.54) is 38.5 Å². The lowest BCUT2D eigenvalue weighted by Gasteiger charge is -2.04. The van der Waals surface area contributed by atoms with E-state index in [0.29, 0.717) is 5.57 Å². The Morgan fingerprint density at radius 1 is 0.958 bits per heavy atom. The molecule has 0 fully saturated rings. The molecule has 1 aromatic carbocycles. The van der Waals surface area contributed by atoms with E-state index in [4.69, 9.17) is 4.74 Å². The van der Waals surface area contributed by atoms with Gasteiger partial charge in [0.2, 0.25) is 0 Å². The molecule has 3 heteroatoms. The van der Waals surface area contributed by atoms with Gasteiger partial charge in [0.1, 0.15) is 0 Å². The lowest BCUT2D eigenvalue weighted by atomic mass is 10.0. The van der Waals surface area contributed by atoms with Crippen LogP contribution in [0.25, 0.3) is 5.57 Å². The second-order valence-corrected chi connectivity index (χ2v) is 6.16. The van der Waals surface area contributed by atoms with Crippen molar-refractivity contribution >= 4 is 11.5 Å². The number of allylic oxidation sites excluding steroid dienone is 1. The number of aliphatic carboxylic acids is 1. The Morgan fingerprint density at radius 3 is 2.21 bits per heavy atom. The normalized spacial score (nSPS) is 11.6. The Kier molecular flexibility index (Phi) is 11.7. The molecule has 0 spiro atoms. The number of ether oxygens (including phenoxy) is 1. The van der Waals surface area contributed by atoms with Crippen LogP contribution >= 0.6 is 0 Å². The third-order valence-corrected chi connectivity index (χ3v) is 4.00. The van der Waals surface area contributed by atoms with Gasteiger partial charge in [-0.1, -0.05) is 75.4 Å². The smallest absolute Gasteiger partial charge is 0.335 e. The maximum Gasteiger partial charge on any atom is 0.335 e. The van der Waals surface area contributed by atoms with Crippen LogP contribution in [0.15, 0.2) is 36.4 Å². The zero-order chi connectivity index (χ0) is 17.5. The Hall–Kier alpha value is -1.61. The summed E-state index contributed by atoms with van der Waals surface area (Å²) in [5.74, 6) is -0.841. The molecular weight excluding hydrogens is 300 g/mol. The molecule has 1 N–H and O–H groups in total. The van der Waals surface area contributed by atoms with Gasteiger partial charge in [-0.25, -0.2) is 4.79 Å². The summed E-state index contributed by atoms with van der Waals surface area (Å²) < 4.78 is 5.47. The van der Waals surface area contributed by atoms with Crippen LogP contribution in [0.3, 0.4) is 0 Å². The molecular formula is C21H32O3. The van der Waals surface area contributed by atoms with Gasteiger partial charge < -0.3 is 9.84 Å². The van der Waals surface area contributed by atoms with Gasteiger partial charge in [-0.05, 0) is 31.2 Å². The number of carbonyl (C=O) groups is 1. The lowest BCUT2D eigenvalue weighted by molar-refractivity contribution is -0.130. The van der Waals surface area contributed by atoms with Gasteiger partial charge in [0, 0.05) is 13.2 Å². The van der Waals surface area contributed by atoms with Crippen molar-refractivity contribution in [3.8, 4) is 0 Å². The van der Waals surface area contributed by atoms with Gasteiger partial charge in [0.15, 0.2) is 0 Å². The molecule has 0 saturated carbocycles. The molecule has 1 rings (SSSR count). The number of benzene rings is 1. The highest BCUT2D eigenvalue weighted by Crippen LogP contribution is 2.17. The first-order chi connectivity index (χ1) is 11.8. The first kappa shape index (κ1) is 20.4. The van der Waals surface area contributed by atoms with Crippen molar-refractivity contribution in [2.75, 3.05) is 13.2 Å². The second-order valence-electron chi connectivity index (χ2n) is 6.16. The first-order valence-corrected chi connectivity index (χ1v) is 9.32. The van der Waals surface area contributed by atoms with Crippen molar-refractivity contribution in [1.29, 1.82) is 0 Å². The van der Waals surface area contributed by atoms with E-state index in [9.17, 15) is 9.90 Å². The number of hydrogen-bond acceptors (Lipinski definition) is 2. The van der Waals surface area contributed by atoms with Gasteiger partial charge in [-0.15, -0.1) is 0 Å².